The van der Waals surface area contributed by atoms with Crippen molar-refractivity contribution in [2.24, 2.45) is 5.73 Å². The van der Waals surface area contributed by atoms with Gasteiger partial charge in [0.25, 0.3) is 0 Å². The minimum Gasteiger partial charge on any atom is -0.369 e. The molecule has 0 atom stereocenters. The van der Waals surface area contributed by atoms with E-state index in [4.69, 9.17) is 5.73 Å². The monoisotopic (exact) mass is 262 g/mol. The number of nitrogens with zero attached hydrogens (tertiary/aromatic N) is 4. The number of unbranched alkanes of at least 4 members (excludes halogenated alkanes) is 1. The summed E-state index contributed by atoms with van der Waals surface area (Å²) in [6, 6.07) is 0. The van der Waals surface area contributed by atoms with Crippen LogP contribution in [0.3, 0.4) is 0 Å². The lowest BCUT2D eigenvalue weighted by atomic mass is 10.1. The Bertz CT molecular complexity index is 540. The summed E-state index contributed by atoms with van der Waals surface area (Å²) < 4.78 is 1.93. The molecular formula is C13H22N6. The summed E-state index contributed by atoms with van der Waals surface area (Å²) >= 11 is 0. The lowest BCUT2D eigenvalue weighted by Crippen LogP contribution is -2.23. The van der Waals surface area contributed by atoms with Crippen molar-refractivity contribution in [1.29, 1.82) is 0 Å². The highest BCUT2D eigenvalue weighted by Gasteiger charge is 2.19. The molecule has 0 spiro atoms. The highest BCUT2D eigenvalue weighted by atomic mass is 15.3. The molecule has 0 saturated heterocycles. The van der Waals surface area contributed by atoms with Crippen molar-refractivity contribution in [2.75, 3.05) is 18.4 Å². The second-order valence-corrected chi connectivity index (χ2v) is 5.61. The second-order valence-electron chi connectivity index (χ2n) is 5.61. The van der Waals surface area contributed by atoms with Crippen LogP contribution in [0.25, 0.3) is 11.0 Å². The summed E-state index contributed by atoms with van der Waals surface area (Å²) in [7, 11) is 0. The summed E-state index contributed by atoms with van der Waals surface area (Å²) in [6.45, 7) is 7.91. The first kappa shape index (κ1) is 13.7. The minimum atomic E-state index is -0.0904. The van der Waals surface area contributed by atoms with E-state index in [0.29, 0.717) is 0 Å². The molecule has 2 heterocycles. The number of nitrogens with one attached hydrogen (secondary N) is 1. The quantitative estimate of drug-likeness (QED) is 0.802. The Balaban J connectivity index is 2.24. The zero-order chi connectivity index (χ0) is 13.9. The molecule has 0 saturated carbocycles. The zero-order valence-corrected chi connectivity index (χ0v) is 11.8. The first-order valence-electron chi connectivity index (χ1n) is 6.67. The van der Waals surface area contributed by atoms with Crippen LogP contribution in [0.15, 0.2) is 12.5 Å². The van der Waals surface area contributed by atoms with Crippen LogP contribution in [-0.2, 0) is 5.54 Å². The van der Waals surface area contributed by atoms with Crippen LogP contribution in [0, 0.1) is 0 Å². The van der Waals surface area contributed by atoms with E-state index < -0.39 is 0 Å². The average Bonchev–Trinajstić information content (AvgIpc) is 2.79. The lowest BCUT2D eigenvalue weighted by Gasteiger charge is -2.19. The van der Waals surface area contributed by atoms with Gasteiger partial charge in [-0.3, -0.25) is 0 Å². The van der Waals surface area contributed by atoms with Gasteiger partial charge in [-0.25, -0.2) is 14.6 Å². The Labute approximate surface area is 113 Å². The van der Waals surface area contributed by atoms with Gasteiger partial charge >= 0.3 is 0 Å². The molecule has 2 aromatic rings. The van der Waals surface area contributed by atoms with Gasteiger partial charge in [-0.05, 0) is 40.2 Å². The molecule has 0 aliphatic carbocycles. The Morgan fingerprint density at radius 3 is 2.74 bits per heavy atom. The number of aromatic nitrogens is 4. The van der Waals surface area contributed by atoms with Crippen molar-refractivity contribution < 1.29 is 0 Å². The Morgan fingerprint density at radius 2 is 2.05 bits per heavy atom. The van der Waals surface area contributed by atoms with Gasteiger partial charge in [0, 0.05) is 6.54 Å². The highest BCUT2D eigenvalue weighted by molar-refractivity contribution is 5.86. The lowest BCUT2D eigenvalue weighted by molar-refractivity contribution is 0.366. The molecule has 6 nitrogen and oxygen atoms in total. The van der Waals surface area contributed by atoms with Gasteiger partial charge in [0.2, 0.25) is 0 Å². The molecule has 0 bridgehead atoms. The van der Waals surface area contributed by atoms with Crippen molar-refractivity contribution >= 4 is 16.9 Å². The van der Waals surface area contributed by atoms with E-state index in [2.05, 4.69) is 41.2 Å². The van der Waals surface area contributed by atoms with E-state index in [1.165, 1.54) is 0 Å². The minimum absolute atomic E-state index is 0.0904. The van der Waals surface area contributed by atoms with E-state index in [0.717, 1.165) is 42.8 Å². The molecule has 2 aromatic heterocycles. The largest absolute Gasteiger partial charge is 0.369 e. The van der Waals surface area contributed by atoms with Crippen molar-refractivity contribution in [2.45, 2.75) is 39.2 Å². The summed E-state index contributed by atoms with van der Waals surface area (Å²) in [5, 5.41) is 8.72. The van der Waals surface area contributed by atoms with Gasteiger partial charge in [0.05, 0.1) is 17.1 Å². The smallest absolute Gasteiger partial charge is 0.163 e. The number of rotatable bonds is 5. The number of nitrogens with two attached hydrogens (primary N) is 1. The van der Waals surface area contributed by atoms with Crippen molar-refractivity contribution in [3.8, 4) is 0 Å². The fourth-order valence-corrected chi connectivity index (χ4v) is 1.95. The first-order valence-corrected chi connectivity index (χ1v) is 6.67. The zero-order valence-electron chi connectivity index (χ0n) is 11.8. The fraction of sp³-hybridized carbons (Fsp3) is 0.615. The molecule has 3 N–H and O–H groups in total. The third-order valence-electron chi connectivity index (χ3n) is 2.92. The normalized spacial score (nSPS) is 12.0. The van der Waals surface area contributed by atoms with Crippen LogP contribution in [0.5, 0.6) is 0 Å². The molecule has 0 fully saturated rings. The molecule has 0 amide bonds. The molecular weight excluding hydrogens is 240 g/mol. The molecule has 19 heavy (non-hydrogen) atoms. The predicted octanol–water partition coefficient (Wildman–Crippen LogP) is 1.73. The molecule has 0 radical (unpaired) electrons. The van der Waals surface area contributed by atoms with Crippen molar-refractivity contribution in [3.05, 3.63) is 12.5 Å². The molecule has 0 aliphatic rings. The number of anilines is 1. The van der Waals surface area contributed by atoms with Gasteiger partial charge in [0.15, 0.2) is 5.65 Å². The maximum absolute atomic E-state index is 5.48. The van der Waals surface area contributed by atoms with Gasteiger partial charge in [0.1, 0.15) is 12.1 Å². The topological polar surface area (TPSA) is 81.7 Å². The fourth-order valence-electron chi connectivity index (χ4n) is 1.95. The van der Waals surface area contributed by atoms with Crippen molar-refractivity contribution in [3.63, 3.8) is 0 Å². The number of fused-ring (bicyclic) bond motifs is 1. The van der Waals surface area contributed by atoms with Gasteiger partial charge in [-0.1, -0.05) is 0 Å². The average molecular weight is 262 g/mol. The van der Waals surface area contributed by atoms with Gasteiger partial charge in [-0.15, -0.1) is 0 Å². The maximum Gasteiger partial charge on any atom is 0.163 e. The highest BCUT2D eigenvalue weighted by Crippen LogP contribution is 2.23. The van der Waals surface area contributed by atoms with Crippen LogP contribution < -0.4 is 11.1 Å². The summed E-state index contributed by atoms with van der Waals surface area (Å²) in [6.07, 6.45) is 5.46. The molecule has 0 aliphatic heterocycles. The van der Waals surface area contributed by atoms with Crippen LogP contribution in [0.1, 0.15) is 33.6 Å². The third kappa shape index (κ3) is 3.01. The van der Waals surface area contributed by atoms with E-state index in [1.54, 1.807) is 6.33 Å². The summed E-state index contributed by atoms with van der Waals surface area (Å²) in [5.74, 6) is 0.845. The van der Waals surface area contributed by atoms with Crippen LogP contribution >= 0.6 is 0 Å². The summed E-state index contributed by atoms with van der Waals surface area (Å²) in [4.78, 5) is 8.64. The third-order valence-corrected chi connectivity index (χ3v) is 2.92. The Morgan fingerprint density at radius 1 is 1.26 bits per heavy atom. The number of hydrogen-bond acceptors (Lipinski definition) is 5. The first-order chi connectivity index (χ1) is 9.04. The maximum atomic E-state index is 5.48. The van der Waals surface area contributed by atoms with E-state index >= 15 is 0 Å². The second kappa shape index (κ2) is 5.52. The standard InChI is InChI=1S/C13H22N6/c1-13(2,3)19-12-10(8-18-19)11(16-9-17-12)15-7-5-4-6-14/h8-9H,4-7,14H2,1-3H3,(H,15,16,17). The number of hydrogen-bond donors (Lipinski definition) is 2. The van der Waals surface area contributed by atoms with E-state index in [-0.39, 0.29) is 5.54 Å². The van der Waals surface area contributed by atoms with Crippen LogP contribution in [0.4, 0.5) is 5.82 Å². The molecule has 2 rings (SSSR count). The van der Waals surface area contributed by atoms with Gasteiger partial charge < -0.3 is 11.1 Å². The van der Waals surface area contributed by atoms with Crippen LogP contribution in [-0.4, -0.2) is 32.8 Å². The molecule has 0 unspecified atom stereocenters. The Hall–Kier alpha value is -1.69. The predicted molar refractivity (Wildman–Crippen MR) is 77.1 cm³/mol. The van der Waals surface area contributed by atoms with Gasteiger partial charge in [-0.2, -0.15) is 5.10 Å². The van der Waals surface area contributed by atoms with E-state index in [1.807, 2.05) is 10.9 Å². The molecule has 6 heteroatoms. The Kier molecular flexibility index (Phi) is 3.99. The SMILES string of the molecule is CC(C)(C)n1ncc2c(NCCCCN)ncnc21. The molecule has 0 aromatic carbocycles. The van der Waals surface area contributed by atoms with E-state index in [9.17, 15) is 0 Å². The van der Waals surface area contributed by atoms with Crippen LogP contribution in [0.2, 0.25) is 0 Å². The van der Waals surface area contributed by atoms with Crippen molar-refractivity contribution in [1.82, 2.24) is 19.7 Å². The summed E-state index contributed by atoms with van der Waals surface area (Å²) in [5.41, 5.74) is 6.26. The molecule has 104 valence electrons.